The highest BCUT2D eigenvalue weighted by Crippen LogP contribution is 2.24. The van der Waals surface area contributed by atoms with Gasteiger partial charge in [-0.05, 0) is 48.6 Å². The number of amides is 2. The summed E-state index contributed by atoms with van der Waals surface area (Å²) in [6, 6.07) is 8.94. The molecule has 0 saturated heterocycles. The molecule has 0 aliphatic rings. The number of halogens is 3. The average molecular weight is 494 g/mol. The van der Waals surface area contributed by atoms with E-state index in [9.17, 15) is 22.8 Å². The molecule has 2 heterocycles. The molecule has 3 aromatic rings. The molecule has 0 aliphatic carbocycles. The molecule has 2 amide bonds. The molecular weight excluding hydrogens is 471 g/mol. The van der Waals surface area contributed by atoms with Gasteiger partial charge >= 0.3 is 6.36 Å². The molecule has 2 N–H and O–H groups in total. The standard InChI is InChI=1S/C22H22F3N5O3S/c1-14(31)27-18-10-9-15(13-26-18)5-2-3-8-20-29-30-21(34-20)28-19(32)12-16-6-4-7-17(11-16)33-22(23,24)25/h4,6-7,9-11,13H,2-3,5,8,12H2,1H3,(H,26,27,31)(H,28,30,32). The number of nitrogens with one attached hydrogen (secondary N) is 2. The summed E-state index contributed by atoms with van der Waals surface area (Å²) < 4.78 is 40.9. The fourth-order valence-electron chi connectivity index (χ4n) is 3.04. The average Bonchev–Trinajstić information content (AvgIpc) is 3.18. The third-order valence-electron chi connectivity index (χ3n) is 4.44. The Morgan fingerprint density at radius 3 is 2.53 bits per heavy atom. The first-order valence-electron chi connectivity index (χ1n) is 10.4. The van der Waals surface area contributed by atoms with Gasteiger partial charge in [0, 0.05) is 19.5 Å². The minimum atomic E-state index is -4.79. The van der Waals surface area contributed by atoms with Crippen LogP contribution in [0.3, 0.4) is 0 Å². The van der Waals surface area contributed by atoms with E-state index in [4.69, 9.17) is 0 Å². The van der Waals surface area contributed by atoms with Crippen LogP contribution in [0, 0.1) is 0 Å². The van der Waals surface area contributed by atoms with Gasteiger partial charge in [-0.3, -0.25) is 9.59 Å². The zero-order chi connectivity index (χ0) is 24.6. The highest BCUT2D eigenvalue weighted by atomic mass is 32.1. The summed E-state index contributed by atoms with van der Waals surface area (Å²) >= 11 is 1.26. The molecule has 0 fully saturated rings. The summed E-state index contributed by atoms with van der Waals surface area (Å²) in [6.45, 7) is 1.43. The first-order chi connectivity index (χ1) is 16.2. The minimum absolute atomic E-state index is 0.126. The molecule has 2 aromatic heterocycles. The number of benzene rings is 1. The summed E-state index contributed by atoms with van der Waals surface area (Å²) in [6.07, 6.45) is 0.0993. The number of hydrogen-bond donors (Lipinski definition) is 2. The molecular formula is C22H22F3N5O3S. The number of rotatable bonds is 10. The third kappa shape index (κ3) is 8.77. The van der Waals surface area contributed by atoms with E-state index in [0.29, 0.717) is 22.9 Å². The van der Waals surface area contributed by atoms with Gasteiger partial charge in [0.15, 0.2) is 0 Å². The largest absolute Gasteiger partial charge is 0.573 e. The Hall–Kier alpha value is -3.54. The molecule has 3 rings (SSSR count). The van der Waals surface area contributed by atoms with Crippen LogP contribution in [-0.4, -0.2) is 33.4 Å². The van der Waals surface area contributed by atoms with E-state index in [0.717, 1.165) is 29.8 Å². The molecule has 180 valence electrons. The van der Waals surface area contributed by atoms with Crippen LogP contribution in [-0.2, 0) is 28.9 Å². The van der Waals surface area contributed by atoms with Crippen molar-refractivity contribution in [2.45, 2.75) is 45.4 Å². The Bertz CT molecular complexity index is 1120. The molecule has 12 heteroatoms. The van der Waals surface area contributed by atoms with Crippen molar-refractivity contribution in [1.29, 1.82) is 0 Å². The van der Waals surface area contributed by atoms with Gasteiger partial charge in [0.25, 0.3) is 0 Å². The van der Waals surface area contributed by atoms with E-state index < -0.39 is 12.3 Å². The van der Waals surface area contributed by atoms with Gasteiger partial charge in [-0.1, -0.05) is 29.5 Å². The lowest BCUT2D eigenvalue weighted by atomic mass is 10.1. The molecule has 8 nitrogen and oxygen atoms in total. The van der Waals surface area contributed by atoms with Gasteiger partial charge in [0.05, 0.1) is 6.42 Å². The van der Waals surface area contributed by atoms with Crippen molar-refractivity contribution in [2.75, 3.05) is 10.6 Å². The number of carbonyl (C=O) groups excluding carboxylic acids is 2. The second-order valence-corrected chi connectivity index (χ2v) is 8.42. The topological polar surface area (TPSA) is 106 Å². The maximum Gasteiger partial charge on any atom is 0.573 e. The van der Waals surface area contributed by atoms with Gasteiger partial charge in [-0.2, -0.15) is 0 Å². The Balaban J connectivity index is 1.41. The first kappa shape index (κ1) is 25.1. The number of nitrogens with zero attached hydrogens (tertiary/aromatic N) is 3. The predicted molar refractivity (Wildman–Crippen MR) is 121 cm³/mol. The highest BCUT2D eigenvalue weighted by molar-refractivity contribution is 7.15. The summed E-state index contributed by atoms with van der Waals surface area (Å²) in [4.78, 5) is 27.4. The number of pyridine rings is 1. The Morgan fingerprint density at radius 2 is 1.82 bits per heavy atom. The number of hydrogen-bond acceptors (Lipinski definition) is 7. The van der Waals surface area contributed by atoms with Crippen LogP contribution in [0.2, 0.25) is 0 Å². The molecule has 0 atom stereocenters. The predicted octanol–water partition coefficient (Wildman–Crippen LogP) is 4.54. The molecule has 1 aromatic carbocycles. The van der Waals surface area contributed by atoms with Crippen LogP contribution >= 0.6 is 11.3 Å². The van der Waals surface area contributed by atoms with Crippen molar-refractivity contribution < 1.29 is 27.5 Å². The second-order valence-electron chi connectivity index (χ2n) is 7.36. The van der Waals surface area contributed by atoms with Crippen LogP contribution in [0.25, 0.3) is 0 Å². The molecule has 0 aliphatic heterocycles. The Labute approximate surface area is 197 Å². The molecule has 0 bridgehead atoms. The van der Waals surface area contributed by atoms with Gasteiger partial charge < -0.3 is 15.4 Å². The number of carbonyl (C=O) groups is 2. The van der Waals surface area contributed by atoms with Crippen molar-refractivity contribution in [3.05, 3.63) is 58.7 Å². The normalized spacial score (nSPS) is 11.2. The van der Waals surface area contributed by atoms with E-state index in [2.05, 4.69) is 30.6 Å². The van der Waals surface area contributed by atoms with Crippen molar-refractivity contribution in [3.8, 4) is 5.75 Å². The van der Waals surface area contributed by atoms with Gasteiger partial charge in [0.1, 0.15) is 16.6 Å². The van der Waals surface area contributed by atoms with E-state index in [1.165, 1.54) is 42.5 Å². The molecule has 0 saturated carbocycles. The Kier molecular flexibility index (Phi) is 8.52. The van der Waals surface area contributed by atoms with Crippen LogP contribution in [0.1, 0.15) is 35.9 Å². The quantitative estimate of drug-likeness (QED) is 0.402. The van der Waals surface area contributed by atoms with Gasteiger partial charge in [-0.15, -0.1) is 23.4 Å². The van der Waals surface area contributed by atoms with Gasteiger partial charge in [0.2, 0.25) is 16.9 Å². The smallest absolute Gasteiger partial charge is 0.406 e. The van der Waals surface area contributed by atoms with Gasteiger partial charge in [-0.25, -0.2) is 4.98 Å². The van der Waals surface area contributed by atoms with Crippen molar-refractivity contribution in [3.63, 3.8) is 0 Å². The van der Waals surface area contributed by atoms with Crippen molar-refractivity contribution >= 4 is 34.1 Å². The second kappa shape index (κ2) is 11.5. The lowest BCUT2D eigenvalue weighted by Crippen LogP contribution is -2.17. The van der Waals surface area contributed by atoms with Crippen LogP contribution in [0.5, 0.6) is 5.75 Å². The summed E-state index contributed by atoms with van der Waals surface area (Å²) in [7, 11) is 0. The number of alkyl halides is 3. The zero-order valence-electron chi connectivity index (χ0n) is 18.2. The van der Waals surface area contributed by atoms with Crippen LogP contribution in [0.4, 0.5) is 24.1 Å². The van der Waals surface area contributed by atoms with E-state index in [1.807, 2.05) is 6.07 Å². The fraction of sp³-hybridized carbons (Fsp3) is 0.318. The lowest BCUT2D eigenvalue weighted by Gasteiger charge is -2.09. The monoisotopic (exact) mass is 493 g/mol. The SMILES string of the molecule is CC(=O)Nc1ccc(CCCCc2nnc(NC(=O)Cc3cccc(OC(F)(F)F)c3)s2)cn1. The van der Waals surface area contributed by atoms with E-state index in [1.54, 1.807) is 12.3 Å². The fourth-order valence-corrected chi connectivity index (χ4v) is 3.84. The molecule has 34 heavy (non-hydrogen) atoms. The minimum Gasteiger partial charge on any atom is -0.406 e. The van der Waals surface area contributed by atoms with Crippen molar-refractivity contribution in [1.82, 2.24) is 15.2 Å². The maximum atomic E-state index is 12.3. The van der Waals surface area contributed by atoms with E-state index in [-0.39, 0.29) is 18.1 Å². The van der Waals surface area contributed by atoms with Crippen LogP contribution in [0.15, 0.2) is 42.6 Å². The summed E-state index contributed by atoms with van der Waals surface area (Å²) in [5, 5.41) is 14.4. The molecule has 0 radical (unpaired) electrons. The number of aromatic nitrogens is 3. The number of anilines is 2. The van der Waals surface area contributed by atoms with Crippen LogP contribution < -0.4 is 15.4 Å². The highest BCUT2D eigenvalue weighted by Gasteiger charge is 2.31. The maximum absolute atomic E-state index is 12.3. The summed E-state index contributed by atoms with van der Waals surface area (Å²) in [5.74, 6) is -0.447. The lowest BCUT2D eigenvalue weighted by molar-refractivity contribution is -0.274. The third-order valence-corrected chi connectivity index (χ3v) is 5.34. The number of ether oxygens (including phenoxy) is 1. The summed E-state index contributed by atoms with van der Waals surface area (Å²) in [5.41, 5.74) is 1.44. The molecule has 0 spiro atoms. The zero-order valence-corrected chi connectivity index (χ0v) is 19.0. The number of unbranched alkanes of at least 4 members (excludes halogenated alkanes) is 1. The van der Waals surface area contributed by atoms with E-state index >= 15 is 0 Å². The first-order valence-corrected chi connectivity index (χ1v) is 11.2. The molecule has 0 unspecified atom stereocenters. The van der Waals surface area contributed by atoms with Crippen molar-refractivity contribution in [2.24, 2.45) is 0 Å². The number of aryl methyl sites for hydroxylation is 2. The Morgan fingerprint density at radius 1 is 1.03 bits per heavy atom.